The summed E-state index contributed by atoms with van der Waals surface area (Å²) >= 11 is 0. The van der Waals surface area contributed by atoms with Crippen molar-refractivity contribution in [3.8, 4) is 0 Å². The molecule has 12 heteroatoms. The van der Waals surface area contributed by atoms with Crippen LogP contribution in [0.4, 0.5) is 0 Å². The van der Waals surface area contributed by atoms with Crippen LogP contribution in [0.3, 0.4) is 0 Å². The molecule has 0 fully saturated rings. The molecule has 12 nitrogen and oxygen atoms in total. The number of hydrogen-bond donors (Lipinski definition) is 0. The van der Waals surface area contributed by atoms with E-state index in [-0.39, 0.29) is 50.6 Å². The number of carbonyl (C=O) groups is 6. The van der Waals surface area contributed by atoms with Gasteiger partial charge in [-0.2, -0.15) is 0 Å². The Morgan fingerprint density at radius 3 is 1.34 bits per heavy atom. The minimum Gasteiger partial charge on any atom is -0.466 e. The van der Waals surface area contributed by atoms with Gasteiger partial charge in [-0.3, -0.25) is 19.2 Å². The van der Waals surface area contributed by atoms with Crippen molar-refractivity contribution in [2.75, 3.05) is 33.0 Å². The average Bonchev–Trinajstić information content (AvgIpc) is 2.87. The second-order valence-electron chi connectivity index (χ2n) is 7.71. The lowest BCUT2D eigenvalue weighted by molar-refractivity contribution is -0.164. The van der Waals surface area contributed by atoms with Crippen LogP contribution in [-0.2, 0) is 57.2 Å². The van der Waals surface area contributed by atoms with Crippen LogP contribution in [0.2, 0.25) is 0 Å². The van der Waals surface area contributed by atoms with Crippen LogP contribution in [0.1, 0.15) is 53.9 Å². The smallest absolute Gasteiger partial charge is 0.334 e. The first-order valence-corrected chi connectivity index (χ1v) is 12.4. The molecule has 0 aromatic carbocycles. The minimum atomic E-state index is -1.32. The fourth-order valence-electron chi connectivity index (χ4n) is 2.96. The summed E-state index contributed by atoms with van der Waals surface area (Å²) in [6.45, 7) is 14.8. The molecule has 0 aliphatic heterocycles. The number of ether oxygens (including phenoxy) is 6. The summed E-state index contributed by atoms with van der Waals surface area (Å²) in [5.74, 6) is -7.75. The molecule has 3 unspecified atom stereocenters. The van der Waals surface area contributed by atoms with Gasteiger partial charge in [0.25, 0.3) is 0 Å². The monoisotopic (exact) mass is 542 g/mol. The molecule has 0 saturated carbocycles. The Morgan fingerprint density at radius 1 is 0.579 bits per heavy atom. The predicted molar refractivity (Wildman–Crippen MR) is 132 cm³/mol. The van der Waals surface area contributed by atoms with Crippen molar-refractivity contribution in [2.45, 2.75) is 60.0 Å². The standard InChI is InChI=1S/C26H38O12/c1-8-18(38-22(28)14-20(26(32)36-12-5)17(7)24(30)34-10-3)15-37-21(27)13-19(25(31)35-11-4)16(6)23(29)33-9-2/h18-20H,6-15H2,1-5H3. The molecule has 0 bridgehead atoms. The van der Waals surface area contributed by atoms with E-state index < -0.39 is 66.6 Å². The van der Waals surface area contributed by atoms with Crippen molar-refractivity contribution >= 4 is 35.8 Å². The van der Waals surface area contributed by atoms with E-state index in [2.05, 4.69) is 13.2 Å². The van der Waals surface area contributed by atoms with Crippen LogP contribution < -0.4 is 0 Å². The number of esters is 6. The van der Waals surface area contributed by atoms with E-state index >= 15 is 0 Å². The summed E-state index contributed by atoms with van der Waals surface area (Å²) in [7, 11) is 0. The molecule has 214 valence electrons. The predicted octanol–water partition coefficient (Wildman–Crippen LogP) is 2.23. The zero-order valence-corrected chi connectivity index (χ0v) is 22.7. The molecule has 0 saturated heterocycles. The van der Waals surface area contributed by atoms with E-state index in [1.165, 1.54) is 0 Å². The highest BCUT2D eigenvalue weighted by molar-refractivity contribution is 5.97. The van der Waals surface area contributed by atoms with E-state index in [0.717, 1.165) is 0 Å². The second kappa shape index (κ2) is 18.5. The van der Waals surface area contributed by atoms with Gasteiger partial charge in [0.15, 0.2) is 0 Å². The molecule has 38 heavy (non-hydrogen) atoms. The zero-order chi connectivity index (χ0) is 29.3. The maximum atomic E-state index is 12.5. The van der Waals surface area contributed by atoms with Gasteiger partial charge in [0.2, 0.25) is 0 Å². The van der Waals surface area contributed by atoms with Gasteiger partial charge in [0.1, 0.15) is 12.7 Å². The van der Waals surface area contributed by atoms with Crippen molar-refractivity contribution < 1.29 is 57.2 Å². The van der Waals surface area contributed by atoms with Crippen molar-refractivity contribution in [3.63, 3.8) is 0 Å². The SMILES string of the molecule is C=C(C(=O)OCC)C(CC(=O)OCC(CC)OC(=O)CC(C(=C)C(=O)OCC)C(=O)OCC)C(=O)OCC. The molecule has 0 aliphatic carbocycles. The molecule has 0 spiro atoms. The van der Waals surface area contributed by atoms with Gasteiger partial charge in [0, 0.05) is 11.1 Å². The summed E-state index contributed by atoms with van der Waals surface area (Å²) in [6, 6.07) is 0. The Balaban J connectivity index is 5.24. The fourth-order valence-corrected chi connectivity index (χ4v) is 2.96. The van der Waals surface area contributed by atoms with Gasteiger partial charge in [-0.25, -0.2) is 9.59 Å². The Kier molecular flexibility index (Phi) is 16.7. The molecule has 0 heterocycles. The third kappa shape index (κ3) is 12.0. The lowest BCUT2D eigenvalue weighted by atomic mass is 9.97. The highest BCUT2D eigenvalue weighted by Crippen LogP contribution is 2.21. The van der Waals surface area contributed by atoms with Crippen LogP contribution >= 0.6 is 0 Å². The van der Waals surface area contributed by atoms with Crippen molar-refractivity contribution in [2.24, 2.45) is 11.8 Å². The maximum absolute atomic E-state index is 12.5. The average molecular weight is 543 g/mol. The summed E-state index contributed by atoms with van der Waals surface area (Å²) in [5.41, 5.74) is -0.513. The molecule has 0 aromatic rings. The van der Waals surface area contributed by atoms with Crippen molar-refractivity contribution in [3.05, 3.63) is 24.3 Å². The molecule has 0 N–H and O–H groups in total. The van der Waals surface area contributed by atoms with Crippen molar-refractivity contribution in [1.82, 2.24) is 0 Å². The lowest BCUT2D eigenvalue weighted by Gasteiger charge is -2.20. The zero-order valence-electron chi connectivity index (χ0n) is 22.7. The van der Waals surface area contributed by atoms with E-state index in [1.54, 1.807) is 34.6 Å². The molecule has 0 aromatic heterocycles. The van der Waals surface area contributed by atoms with Gasteiger partial charge in [-0.15, -0.1) is 0 Å². The van der Waals surface area contributed by atoms with Gasteiger partial charge in [0.05, 0.1) is 51.1 Å². The van der Waals surface area contributed by atoms with E-state index in [4.69, 9.17) is 28.4 Å². The Labute approximate surface area is 222 Å². The number of hydrogen-bond acceptors (Lipinski definition) is 12. The van der Waals surface area contributed by atoms with Crippen molar-refractivity contribution in [1.29, 1.82) is 0 Å². The second-order valence-corrected chi connectivity index (χ2v) is 7.71. The molecular formula is C26H38O12. The summed E-state index contributed by atoms with van der Waals surface area (Å²) in [4.78, 5) is 73.6. The quantitative estimate of drug-likeness (QED) is 0.141. The maximum Gasteiger partial charge on any atom is 0.334 e. The molecule has 0 aliphatic rings. The normalized spacial score (nSPS) is 12.7. The first-order chi connectivity index (χ1) is 18.0. The van der Waals surface area contributed by atoms with Gasteiger partial charge < -0.3 is 28.4 Å². The highest BCUT2D eigenvalue weighted by atomic mass is 16.6. The fraction of sp³-hybridized carbons (Fsp3) is 0.615. The van der Waals surface area contributed by atoms with E-state index in [0.29, 0.717) is 0 Å². The van der Waals surface area contributed by atoms with Crippen LogP contribution in [0.5, 0.6) is 0 Å². The Bertz CT molecular complexity index is 875. The first-order valence-electron chi connectivity index (χ1n) is 12.4. The van der Waals surface area contributed by atoms with Crippen LogP contribution in [0.15, 0.2) is 24.3 Å². The number of rotatable bonds is 18. The molecule has 0 radical (unpaired) electrons. The van der Waals surface area contributed by atoms with Gasteiger partial charge in [-0.05, 0) is 34.1 Å². The Hall–Kier alpha value is -3.70. The highest BCUT2D eigenvalue weighted by Gasteiger charge is 2.33. The minimum absolute atomic E-state index is 0.0173. The Morgan fingerprint density at radius 2 is 0.974 bits per heavy atom. The lowest BCUT2D eigenvalue weighted by Crippen LogP contribution is -2.31. The molecule has 0 rings (SSSR count). The molecule has 3 atom stereocenters. The third-order valence-electron chi connectivity index (χ3n) is 4.98. The molecule has 0 amide bonds. The third-order valence-corrected chi connectivity index (χ3v) is 4.98. The summed E-state index contributed by atoms with van der Waals surface area (Å²) in [6.07, 6.45) is -1.77. The van der Waals surface area contributed by atoms with Gasteiger partial charge >= 0.3 is 35.8 Å². The van der Waals surface area contributed by atoms with E-state index in [9.17, 15) is 28.8 Å². The first kappa shape index (κ1) is 34.3. The van der Waals surface area contributed by atoms with Crippen LogP contribution in [-0.4, -0.2) is 75.0 Å². The topological polar surface area (TPSA) is 158 Å². The van der Waals surface area contributed by atoms with Crippen LogP contribution in [0.25, 0.3) is 0 Å². The molecular weight excluding hydrogens is 504 g/mol. The van der Waals surface area contributed by atoms with Crippen LogP contribution in [0, 0.1) is 11.8 Å². The summed E-state index contributed by atoms with van der Waals surface area (Å²) in [5, 5.41) is 0. The largest absolute Gasteiger partial charge is 0.466 e. The number of carbonyl (C=O) groups excluding carboxylic acids is 6. The summed E-state index contributed by atoms with van der Waals surface area (Å²) < 4.78 is 30.0. The van der Waals surface area contributed by atoms with E-state index in [1.807, 2.05) is 0 Å². The van der Waals surface area contributed by atoms with Gasteiger partial charge in [-0.1, -0.05) is 20.1 Å².